The van der Waals surface area contributed by atoms with Gasteiger partial charge in [0, 0.05) is 37.5 Å². The van der Waals surface area contributed by atoms with E-state index in [-0.39, 0.29) is 11.8 Å². The molecule has 6 rings (SSSR count). The fourth-order valence-electron chi connectivity index (χ4n) is 5.08. The number of primary amides is 1. The minimum Gasteiger partial charge on any atom is -0.378 e. The van der Waals surface area contributed by atoms with Gasteiger partial charge in [-0.1, -0.05) is 23.8 Å². The van der Waals surface area contributed by atoms with Crippen LogP contribution in [0.3, 0.4) is 0 Å². The number of amides is 1. The van der Waals surface area contributed by atoms with Gasteiger partial charge in [-0.15, -0.1) is 0 Å². The van der Waals surface area contributed by atoms with Crippen molar-refractivity contribution in [1.29, 1.82) is 0 Å². The van der Waals surface area contributed by atoms with Crippen LogP contribution in [0.5, 0.6) is 0 Å². The van der Waals surface area contributed by atoms with Gasteiger partial charge < -0.3 is 20.4 Å². The van der Waals surface area contributed by atoms with Crippen LogP contribution in [-0.2, 0) is 16.1 Å². The van der Waals surface area contributed by atoms with E-state index < -0.39 is 0 Å². The van der Waals surface area contributed by atoms with E-state index in [4.69, 9.17) is 25.5 Å². The molecule has 36 heavy (non-hydrogen) atoms. The van der Waals surface area contributed by atoms with Crippen molar-refractivity contribution in [3.8, 4) is 17.1 Å². The summed E-state index contributed by atoms with van der Waals surface area (Å²) in [6.07, 6.45) is 2.73. The number of aromatic amines is 1. The number of nitrogens with one attached hydrogen (secondary N) is 1. The molecule has 0 aliphatic carbocycles. The zero-order chi connectivity index (χ0) is 24.6. The molecule has 0 bridgehead atoms. The quantitative estimate of drug-likeness (QED) is 0.429. The van der Waals surface area contributed by atoms with E-state index in [0.717, 1.165) is 60.2 Å². The van der Waals surface area contributed by atoms with Crippen LogP contribution in [0.15, 0.2) is 42.6 Å². The molecule has 10 heteroatoms. The normalized spacial score (nSPS) is 18.8. The highest BCUT2D eigenvalue weighted by atomic mass is 16.5. The Morgan fingerprint density at radius 1 is 1.17 bits per heavy atom. The van der Waals surface area contributed by atoms with Crippen LogP contribution in [-0.4, -0.2) is 74.9 Å². The van der Waals surface area contributed by atoms with Crippen LogP contribution >= 0.6 is 0 Å². The number of anilines is 1. The van der Waals surface area contributed by atoms with E-state index >= 15 is 0 Å². The van der Waals surface area contributed by atoms with Gasteiger partial charge in [0.15, 0.2) is 11.5 Å². The highest BCUT2D eigenvalue weighted by molar-refractivity contribution is 5.87. The molecule has 186 valence electrons. The maximum atomic E-state index is 11.6. The third-order valence-electron chi connectivity index (χ3n) is 7.01. The molecular weight excluding hydrogens is 456 g/mol. The largest absolute Gasteiger partial charge is 0.378 e. The Morgan fingerprint density at radius 3 is 2.81 bits per heavy atom. The summed E-state index contributed by atoms with van der Waals surface area (Å²) in [5.41, 5.74) is 11.3. The highest BCUT2D eigenvalue weighted by Crippen LogP contribution is 2.29. The minimum absolute atomic E-state index is 0.0922. The lowest BCUT2D eigenvalue weighted by Crippen LogP contribution is -2.36. The Labute approximate surface area is 209 Å². The molecule has 2 fully saturated rings. The Kier molecular flexibility index (Phi) is 5.90. The second-order valence-corrected chi connectivity index (χ2v) is 9.62. The number of aryl methyl sites for hydroxylation is 1. The maximum Gasteiger partial charge on any atom is 0.221 e. The molecule has 5 heterocycles. The summed E-state index contributed by atoms with van der Waals surface area (Å²) < 4.78 is 7.40. The van der Waals surface area contributed by atoms with Crippen LogP contribution in [0, 0.1) is 12.8 Å². The van der Waals surface area contributed by atoms with Crippen LogP contribution in [0.2, 0.25) is 0 Å². The number of hydrogen-bond acceptors (Lipinski definition) is 7. The predicted molar refractivity (Wildman–Crippen MR) is 137 cm³/mol. The first-order chi connectivity index (χ1) is 17.5. The summed E-state index contributed by atoms with van der Waals surface area (Å²) >= 11 is 0. The third kappa shape index (κ3) is 4.45. The molecule has 0 spiro atoms. The van der Waals surface area contributed by atoms with Gasteiger partial charge >= 0.3 is 0 Å². The highest BCUT2D eigenvalue weighted by Gasteiger charge is 2.27. The number of nitrogens with two attached hydrogens (primary N) is 1. The number of rotatable bonds is 6. The molecule has 1 aromatic carbocycles. The molecule has 0 saturated carbocycles. The van der Waals surface area contributed by atoms with Crippen molar-refractivity contribution in [1.82, 2.24) is 29.6 Å². The Hall–Kier alpha value is -3.76. The number of ether oxygens (including phenoxy) is 1. The molecule has 1 atom stereocenters. The molecule has 2 aliphatic heterocycles. The number of nitrogens with zero attached hydrogens (tertiary/aromatic N) is 6. The molecule has 2 aliphatic rings. The maximum absolute atomic E-state index is 11.6. The number of pyridine rings is 1. The van der Waals surface area contributed by atoms with E-state index in [1.165, 1.54) is 5.56 Å². The average molecular weight is 487 g/mol. The smallest absolute Gasteiger partial charge is 0.221 e. The first-order valence-corrected chi connectivity index (χ1v) is 12.4. The summed E-state index contributed by atoms with van der Waals surface area (Å²) in [4.78, 5) is 29.3. The number of likely N-dealkylation sites (tertiary alicyclic amines) is 1. The molecule has 3 aromatic heterocycles. The van der Waals surface area contributed by atoms with E-state index in [1.807, 2.05) is 23.0 Å². The van der Waals surface area contributed by atoms with Crippen LogP contribution in [0.25, 0.3) is 28.2 Å². The predicted octanol–water partition coefficient (Wildman–Crippen LogP) is 2.26. The Morgan fingerprint density at radius 2 is 2.03 bits per heavy atom. The lowest BCUT2D eigenvalue weighted by molar-refractivity contribution is -0.121. The van der Waals surface area contributed by atoms with E-state index in [1.54, 1.807) is 0 Å². The van der Waals surface area contributed by atoms with Crippen molar-refractivity contribution >= 4 is 22.8 Å². The number of benzene rings is 1. The van der Waals surface area contributed by atoms with Crippen molar-refractivity contribution < 1.29 is 9.53 Å². The summed E-state index contributed by atoms with van der Waals surface area (Å²) in [5, 5.41) is 4.82. The molecule has 2 saturated heterocycles. The van der Waals surface area contributed by atoms with Crippen LogP contribution in [0.4, 0.5) is 5.69 Å². The molecule has 0 unspecified atom stereocenters. The molecule has 10 nitrogen and oxygen atoms in total. The minimum atomic E-state index is -0.229. The summed E-state index contributed by atoms with van der Waals surface area (Å²) in [7, 11) is 0. The summed E-state index contributed by atoms with van der Waals surface area (Å²) in [6.45, 7) is 7.15. The molecular formula is C26H30N8O2. The van der Waals surface area contributed by atoms with E-state index in [2.05, 4.69) is 46.0 Å². The average Bonchev–Trinajstić information content (AvgIpc) is 3.64. The second-order valence-electron chi connectivity index (χ2n) is 9.62. The number of hydrogen-bond donors (Lipinski definition) is 2. The number of imidazole rings is 1. The van der Waals surface area contributed by atoms with Crippen molar-refractivity contribution in [3.63, 3.8) is 0 Å². The number of H-pyrrole nitrogens is 1. The van der Waals surface area contributed by atoms with Gasteiger partial charge in [0.25, 0.3) is 0 Å². The molecule has 1 amide bonds. The summed E-state index contributed by atoms with van der Waals surface area (Å²) in [5.74, 6) is 1.23. The monoisotopic (exact) mass is 486 g/mol. The number of carbonyl (C=O) groups is 1. The molecule has 3 N–H and O–H groups in total. The van der Waals surface area contributed by atoms with Gasteiger partial charge in [-0.3, -0.25) is 9.69 Å². The number of carbonyl (C=O) groups excluding carboxylic acids is 1. The van der Waals surface area contributed by atoms with Crippen LogP contribution < -0.4 is 10.6 Å². The SMILES string of the molecule is Cc1cccc(-c2ccn(-c3cc(N4CCOCC4)c4[nH]c(CN5CC[C@H](C(N)=O)C5)nc4n3)n2)c1. The number of morpholine rings is 1. The lowest BCUT2D eigenvalue weighted by atomic mass is 10.1. The van der Waals surface area contributed by atoms with Crippen molar-refractivity contribution in [2.24, 2.45) is 11.7 Å². The van der Waals surface area contributed by atoms with Crippen molar-refractivity contribution in [2.45, 2.75) is 19.9 Å². The van der Waals surface area contributed by atoms with Crippen LogP contribution in [0.1, 0.15) is 17.8 Å². The van der Waals surface area contributed by atoms with E-state index in [0.29, 0.717) is 32.0 Å². The van der Waals surface area contributed by atoms with Gasteiger partial charge in [-0.2, -0.15) is 5.10 Å². The van der Waals surface area contributed by atoms with Gasteiger partial charge in [-0.05, 0) is 32.0 Å². The van der Waals surface area contributed by atoms with Crippen molar-refractivity contribution in [2.75, 3.05) is 44.3 Å². The van der Waals surface area contributed by atoms with E-state index in [9.17, 15) is 4.79 Å². The second kappa shape index (κ2) is 9.36. The zero-order valence-corrected chi connectivity index (χ0v) is 20.4. The number of fused-ring (bicyclic) bond motifs is 1. The molecule has 0 radical (unpaired) electrons. The third-order valence-corrected chi connectivity index (χ3v) is 7.01. The fraction of sp³-hybridized carbons (Fsp3) is 0.385. The first kappa shape index (κ1) is 22.7. The van der Waals surface area contributed by atoms with Crippen molar-refractivity contribution in [3.05, 3.63) is 54.0 Å². The zero-order valence-electron chi connectivity index (χ0n) is 20.4. The standard InChI is InChI=1S/C26H30N8O2/c1-17-3-2-4-18(13-17)20-6-8-34(31-20)23-14-21(33-9-11-36-12-10-33)24-26(30-23)29-22(28-24)16-32-7-5-19(15-32)25(27)35/h2-4,6,8,13-14,19H,5,7,9-12,15-16H2,1H3,(H2,27,35)(H,28,29,30)/t19-/m0/s1. The lowest BCUT2D eigenvalue weighted by Gasteiger charge is -2.29. The van der Waals surface area contributed by atoms with Gasteiger partial charge in [-0.25, -0.2) is 14.6 Å². The fourth-order valence-corrected chi connectivity index (χ4v) is 5.08. The Balaban J connectivity index is 1.35. The Bertz CT molecular complexity index is 1400. The first-order valence-electron chi connectivity index (χ1n) is 12.4. The van der Waals surface area contributed by atoms with Gasteiger partial charge in [0.1, 0.15) is 11.3 Å². The van der Waals surface area contributed by atoms with Gasteiger partial charge in [0.2, 0.25) is 5.91 Å². The van der Waals surface area contributed by atoms with Gasteiger partial charge in [0.05, 0.1) is 37.1 Å². The number of aromatic nitrogens is 5. The molecule has 4 aromatic rings. The summed E-state index contributed by atoms with van der Waals surface area (Å²) in [6, 6.07) is 12.4. The topological polar surface area (TPSA) is 118 Å².